The second-order valence-corrected chi connectivity index (χ2v) is 8.67. The number of rotatable bonds is 11. The minimum absolute atomic E-state index is 0.00640. The van der Waals surface area contributed by atoms with Crippen LogP contribution in [0.25, 0.3) is 5.82 Å². The molecule has 0 saturated carbocycles. The molecular formula is C25H26ClN9O5. The highest BCUT2D eigenvalue weighted by atomic mass is 35.5. The van der Waals surface area contributed by atoms with Crippen molar-refractivity contribution in [3.8, 4) is 17.3 Å². The fraction of sp³-hybridized carbons (Fsp3) is 0.240. The van der Waals surface area contributed by atoms with Crippen molar-refractivity contribution < 1.29 is 23.7 Å². The molecule has 0 unspecified atom stereocenters. The van der Waals surface area contributed by atoms with Crippen LogP contribution in [0.2, 0.25) is 5.02 Å². The molecule has 0 saturated heterocycles. The Kier molecular flexibility index (Phi) is 9.04. The Morgan fingerprint density at radius 2 is 1.90 bits per heavy atom. The highest BCUT2D eigenvalue weighted by Gasteiger charge is 2.25. The zero-order valence-electron chi connectivity index (χ0n) is 21.9. The van der Waals surface area contributed by atoms with E-state index < -0.39 is 11.9 Å². The lowest BCUT2D eigenvalue weighted by atomic mass is 10.2. The average molecular weight is 568 g/mol. The summed E-state index contributed by atoms with van der Waals surface area (Å²) in [6.07, 6.45) is 1.40. The number of benzene rings is 2. The average Bonchev–Trinajstić information content (AvgIpc) is 3.57. The number of carbonyl (C=O) groups is 2. The number of ether oxygens (including phenoxy) is 2. The summed E-state index contributed by atoms with van der Waals surface area (Å²) >= 11 is 5.87. The second kappa shape index (κ2) is 12.8. The molecule has 0 radical (unpaired) electrons. The van der Waals surface area contributed by atoms with E-state index in [4.69, 9.17) is 26.8 Å². The summed E-state index contributed by atoms with van der Waals surface area (Å²) in [6.45, 7) is 5.77. The summed E-state index contributed by atoms with van der Waals surface area (Å²) in [5.41, 5.74) is 9.65. The lowest BCUT2D eigenvalue weighted by Gasteiger charge is -2.18. The number of aromatic nitrogens is 5. The third-order valence-corrected chi connectivity index (χ3v) is 6.04. The van der Waals surface area contributed by atoms with Gasteiger partial charge in [-0.15, -0.1) is 5.10 Å². The maximum Gasteiger partial charge on any atom is 0.343 e. The van der Waals surface area contributed by atoms with E-state index in [0.717, 1.165) is 13.1 Å². The van der Waals surface area contributed by atoms with Crippen LogP contribution in [0, 0.1) is 0 Å². The summed E-state index contributed by atoms with van der Waals surface area (Å²) in [7, 11) is 1.44. The van der Waals surface area contributed by atoms with Gasteiger partial charge in [0.15, 0.2) is 17.2 Å². The largest absolute Gasteiger partial charge is 0.493 e. The first-order chi connectivity index (χ1) is 19.3. The van der Waals surface area contributed by atoms with Crippen LogP contribution in [0.4, 0.5) is 5.82 Å². The number of hydrogen-bond acceptors (Lipinski definition) is 12. The van der Waals surface area contributed by atoms with Crippen LogP contribution in [0.3, 0.4) is 0 Å². The van der Waals surface area contributed by atoms with E-state index in [1.807, 2.05) is 13.8 Å². The third kappa shape index (κ3) is 6.42. The summed E-state index contributed by atoms with van der Waals surface area (Å²) in [6, 6.07) is 11.1. The highest BCUT2D eigenvalue weighted by Crippen LogP contribution is 2.28. The highest BCUT2D eigenvalue weighted by molar-refractivity contribution is 6.30. The number of esters is 1. The van der Waals surface area contributed by atoms with E-state index in [1.165, 1.54) is 18.0 Å². The molecule has 2 aromatic carbocycles. The second-order valence-electron chi connectivity index (χ2n) is 8.24. The van der Waals surface area contributed by atoms with Crippen molar-refractivity contribution in [3.05, 3.63) is 70.0 Å². The molecule has 3 N–H and O–H groups in total. The summed E-state index contributed by atoms with van der Waals surface area (Å²) in [5, 5.41) is 19.9. The van der Waals surface area contributed by atoms with Gasteiger partial charge in [-0.05, 0) is 71.4 Å². The van der Waals surface area contributed by atoms with Gasteiger partial charge in [0.1, 0.15) is 0 Å². The number of nitrogen functional groups attached to an aromatic ring is 1. The van der Waals surface area contributed by atoms with E-state index in [-0.39, 0.29) is 23.1 Å². The first-order valence-electron chi connectivity index (χ1n) is 12.1. The van der Waals surface area contributed by atoms with Crippen LogP contribution < -0.4 is 20.6 Å². The standard InChI is InChI=1S/C25H26ClN9O5/c1-4-34(5-2)14-18-21(29-33-35(18)23-22(27)31-40-32-23)24(36)30-28-13-15-6-11-19(20(12-15)38-3)39-25(37)16-7-9-17(26)10-8-16/h6-13H,4-5,14H2,1-3H3,(H2,27,31)(H,30,36)/b28-13-. The van der Waals surface area contributed by atoms with Crippen LogP contribution in [0.1, 0.15) is 46.0 Å². The number of halogens is 1. The Morgan fingerprint density at radius 1 is 1.15 bits per heavy atom. The van der Waals surface area contributed by atoms with Crippen LogP contribution in [0.5, 0.6) is 11.5 Å². The van der Waals surface area contributed by atoms with Crippen molar-refractivity contribution >= 4 is 35.5 Å². The smallest absolute Gasteiger partial charge is 0.343 e. The fourth-order valence-corrected chi connectivity index (χ4v) is 3.72. The first kappa shape index (κ1) is 28.2. The third-order valence-electron chi connectivity index (χ3n) is 5.79. The van der Waals surface area contributed by atoms with Gasteiger partial charge in [-0.1, -0.05) is 30.7 Å². The predicted molar refractivity (Wildman–Crippen MR) is 145 cm³/mol. The number of anilines is 1. The van der Waals surface area contributed by atoms with Crippen molar-refractivity contribution in [2.45, 2.75) is 20.4 Å². The lowest BCUT2D eigenvalue weighted by molar-refractivity contribution is 0.0729. The van der Waals surface area contributed by atoms with Gasteiger partial charge in [-0.3, -0.25) is 9.69 Å². The first-order valence-corrected chi connectivity index (χ1v) is 12.5. The molecule has 0 aliphatic rings. The number of nitrogens with one attached hydrogen (secondary N) is 1. The molecular weight excluding hydrogens is 542 g/mol. The Hall–Kier alpha value is -4.82. The summed E-state index contributed by atoms with van der Waals surface area (Å²) in [4.78, 5) is 27.5. The molecule has 0 atom stereocenters. The van der Waals surface area contributed by atoms with Gasteiger partial charge in [0.2, 0.25) is 11.6 Å². The molecule has 208 valence electrons. The minimum Gasteiger partial charge on any atom is -0.493 e. The molecule has 0 aliphatic carbocycles. The van der Waals surface area contributed by atoms with Crippen LogP contribution in [0.15, 0.2) is 52.2 Å². The Morgan fingerprint density at radius 3 is 2.55 bits per heavy atom. The van der Waals surface area contributed by atoms with Crippen molar-refractivity contribution in [3.63, 3.8) is 0 Å². The summed E-state index contributed by atoms with van der Waals surface area (Å²) < 4.78 is 16.8. The zero-order valence-corrected chi connectivity index (χ0v) is 22.6. The van der Waals surface area contributed by atoms with Gasteiger partial charge >= 0.3 is 5.97 Å². The molecule has 40 heavy (non-hydrogen) atoms. The summed E-state index contributed by atoms with van der Waals surface area (Å²) in [5.74, 6) is -0.530. The van der Waals surface area contributed by atoms with E-state index in [9.17, 15) is 9.59 Å². The molecule has 0 fully saturated rings. The Balaban J connectivity index is 1.49. The van der Waals surface area contributed by atoms with Crippen LogP contribution >= 0.6 is 11.6 Å². The van der Waals surface area contributed by atoms with Crippen molar-refractivity contribution in [1.82, 2.24) is 35.6 Å². The molecule has 0 spiro atoms. The maximum atomic E-state index is 13.0. The monoisotopic (exact) mass is 567 g/mol. The van der Waals surface area contributed by atoms with Gasteiger partial charge in [-0.25, -0.2) is 14.8 Å². The van der Waals surface area contributed by atoms with Crippen molar-refractivity contribution in [1.29, 1.82) is 0 Å². The van der Waals surface area contributed by atoms with Gasteiger partial charge in [-0.2, -0.15) is 9.78 Å². The number of amides is 1. The van der Waals surface area contributed by atoms with Crippen LogP contribution in [-0.2, 0) is 6.54 Å². The molecule has 14 nitrogen and oxygen atoms in total. The quantitative estimate of drug-likeness (QED) is 0.118. The van der Waals surface area contributed by atoms with Crippen LogP contribution in [-0.4, -0.2) is 68.5 Å². The molecule has 15 heteroatoms. The van der Waals surface area contributed by atoms with E-state index in [0.29, 0.717) is 34.1 Å². The van der Waals surface area contributed by atoms with Gasteiger partial charge < -0.3 is 15.2 Å². The molecule has 2 aromatic heterocycles. The van der Waals surface area contributed by atoms with E-state index in [1.54, 1.807) is 42.5 Å². The Bertz CT molecular complexity index is 1510. The molecule has 0 aliphatic heterocycles. The topological polar surface area (TPSA) is 176 Å². The van der Waals surface area contributed by atoms with Gasteiger partial charge in [0, 0.05) is 11.6 Å². The number of nitrogens with zero attached hydrogens (tertiary/aromatic N) is 7. The maximum absolute atomic E-state index is 13.0. The lowest BCUT2D eigenvalue weighted by Crippen LogP contribution is -2.27. The number of methoxy groups -OCH3 is 1. The molecule has 4 rings (SSSR count). The number of hydrazone groups is 1. The minimum atomic E-state index is -0.597. The zero-order chi connectivity index (χ0) is 28.6. The van der Waals surface area contributed by atoms with E-state index in [2.05, 4.69) is 40.7 Å². The molecule has 2 heterocycles. The van der Waals surface area contributed by atoms with Gasteiger partial charge in [0.25, 0.3) is 5.91 Å². The normalized spacial score (nSPS) is 11.2. The molecule has 4 aromatic rings. The predicted octanol–water partition coefficient (Wildman–Crippen LogP) is 2.72. The molecule has 1 amide bonds. The number of hydrogen-bond donors (Lipinski definition) is 2. The SMILES string of the molecule is CCN(CC)Cc1c(C(=O)N/N=C\c2ccc(OC(=O)c3ccc(Cl)cc3)c(OC)c2)nnn1-c1nonc1N. The van der Waals surface area contributed by atoms with E-state index >= 15 is 0 Å². The Labute approximate surface area is 233 Å². The molecule has 0 bridgehead atoms. The fourth-order valence-electron chi connectivity index (χ4n) is 3.60. The van der Waals surface area contributed by atoms with Crippen molar-refractivity contribution in [2.75, 3.05) is 25.9 Å². The number of nitrogens with two attached hydrogens (primary N) is 1. The van der Waals surface area contributed by atoms with Gasteiger partial charge in [0.05, 0.1) is 24.6 Å². The number of carbonyl (C=O) groups excluding carboxylic acids is 2. The van der Waals surface area contributed by atoms with Crippen molar-refractivity contribution in [2.24, 2.45) is 5.10 Å².